The van der Waals surface area contributed by atoms with Crippen molar-refractivity contribution in [2.24, 2.45) is 5.92 Å². The maximum absolute atomic E-state index is 11.7. The first-order valence-corrected chi connectivity index (χ1v) is 5.80. The van der Waals surface area contributed by atoms with Crippen molar-refractivity contribution in [1.82, 2.24) is 4.90 Å². The Labute approximate surface area is 96.9 Å². The second-order valence-electron chi connectivity index (χ2n) is 5.14. The Balaban J connectivity index is 2.69. The Morgan fingerprint density at radius 3 is 2.62 bits per heavy atom. The van der Waals surface area contributed by atoms with E-state index in [1.807, 2.05) is 0 Å². The third-order valence-corrected chi connectivity index (χ3v) is 2.94. The lowest BCUT2D eigenvalue weighted by molar-refractivity contribution is -0.154. The molecule has 16 heavy (non-hydrogen) atoms. The van der Waals surface area contributed by atoms with Gasteiger partial charge in [-0.1, -0.05) is 0 Å². The highest BCUT2D eigenvalue weighted by Crippen LogP contribution is 2.22. The van der Waals surface area contributed by atoms with Crippen LogP contribution in [-0.4, -0.2) is 41.9 Å². The fraction of sp³-hybridized carbons (Fsp3) is 0.833. The predicted octanol–water partition coefficient (Wildman–Crippen LogP) is 1.24. The number of carbonyl (C=O) groups excluding carboxylic acids is 2. The second-order valence-corrected chi connectivity index (χ2v) is 5.14. The van der Waals surface area contributed by atoms with Gasteiger partial charge in [0.25, 0.3) is 0 Å². The van der Waals surface area contributed by atoms with Gasteiger partial charge >= 0.3 is 5.97 Å². The van der Waals surface area contributed by atoms with Gasteiger partial charge < -0.3 is 4.74 Å². The molecule has 0 N–H and O–H groups in total. The van der Waals surface area contributed by atoms with Crippen LogP contribution in [0.2, 0.25) is 0 Å². The fourth-order valence-corrected chi connectivity index (χ4v) is 1.89. The van der Waals surface area contributed by atoms with E-state index in [2.05, 4.69) is 25.7 Å². The number of rotatable bonds is 2. The van der Waals surface area contributed by atoms with Crippen LogP contribution in [0.4, 0.5) is 0 Å². The molecule has 1 atom stereocenters. The van der Waals surface area contributed by atoms with Gasteiger partial charge in [-0.25, -0.2) is 0 Å². The Hall–Kier alpha value is -0.900. The van der Waals surface area contributed by atoms with E-state index in [1.165, 1.54) is 0 Å². The molecule has 0 aromatic heterocycles. The number of likely N-dealkylation sites (tertiary alicyclic amines) is 1. The molecule has 1 fully saturated rings. The molecule has 1 rings (SSSR count). The van der Waals surface area contributed by atoms with E-state index < -0.39 is 5.92 Å². The van der Waals surface area contributed by atoms with E-state index in [9.17, 15) is 9.59 Å². The topological polar surface area (TPSA) is 46.6 Å². The van der Waals surface area contributed by atoms with Crippen molar-refractivity contribution in [3.05, 3.63) is 0 Å². The number of ketones is 1. The molecule has 92 valence electrons. The van der Waals surface area contributed by atoms with E-state index in [4.69, 9.17) is 4.74 Å². The molecule has 1 aliphatic rings. The van der Waals surface area contributed by atoms with E-state index in [1.54, 1.807) is 6.92 Å². The summed E-state index contributed by atoms with van der Waals surface area (Å²) in [5.41, 5.74) is -0.00849. The second kappa shape index (κ2) is 4.95. The number of Topliss-reactive ketones (excluding diaryl/α,β-unsaturated/α-hetero) is 1. The average molecular weight is 227 g/mol. The maximum Gasteiger partial charge on any atom is 0.317 e. The van der Waals surface area contributed by atoms with Crippen LogP contribution in [0.25, 0.3) is 0 Å². The first kappa shape index (κ1) is 13.2. The van der Waals surface area contributed by atoms with Crippen molar-refractivity contribution in [1.29, 1.82) is 0 Å². The van der Waals surface area contributed by atoms with Crippen molar-refractivity contribution < 1.29 is 14.3 Å². The maximum atomic E-state index is 11.7. The summed E-state index contributed by atoms with van der Waals surface area (Å²) in [7, 11) is 0. The summed E-state index contributed by atoms with van der Waals surface area (Å²) in [5, 5.41) is 0. The van der Waals surface area contributed by atoms with Crippen LogP contribution < -0.4 is 0 Å². The Kier molecular flexibility index (Phi) is 4.08. The van der Waals surface area contributed by atoms with Crippen LogP contribution in [0.15, 0.2) is 0 Å². The molecule has 1 aliphatic heterocycles. The summed E-state index contributed by atoms with van der Waals surface area (Å²) < 4.78 is 4.93. The quantitative estimate of drug-likeness (QED) is 0.526. The van der Waals surface area contributed by atoms with Crippen LogP contribution in [0.3, 0.4) is 0 Å². The molecule has 1 saturated heterocycles. The number of carbonyl (C=O) groups is 2. The molecular weight excluding hydrogens is 206 g/mol. The highest BCUT2D eigenvalue weighted by Gasteiger charge is 2.37. The number of piperidine rings is 1. The van der Waals surface area contributed by atoms with Gasteiger partial charge in [0, 0.05) is 25.0 Å². The summed E-state index contributed by atoms with van der Waals surface area (Å²) in [6, 6.07) is 0. The number of hydrogen-bond acceptors (Lipinski definition) is 4. The highest BCUT2D eigenvalue weighted by atomic mass is 16.5. The van der Waals surface area contributed by atoms with Gasteiger partial charge in [-0.2, -0.15) is 0 Å². The van der Waals surface area contributed by atoms with Crippen LogP contribution >= 0.6 is 0 Å². The lowest BCUT2D eigenvalue weighted by Crippen LogP contribution is -2.52. The van der Waals surface area contributed by atoms with Gasteiger partial charge in [-0.3, -0.25) is 14.5 Å². The molecule has 4 heteroatoms. The van der Waals surface area contributed by atoms with E-state index >= 15 is 0 Å². The monoisotopic (exact) mass is 227 g/mol. The summed E-state index contributed by atoms with van der Waals surface area (Å²) >= 11 is 0. The molecule has 0 aromatic rings. The smallest absolute Gasteiger partial charge is 0.317 e. The third-order valence-electron chi connectivity index (χ3n) is 2.94. The summed E-state index contributed by atoms with van der Waals surface area (Å²) in [5.74, 6) is -0.951. The van der Waals surface area contributed by atoms with Crippen molar-refractivity contribution >= 4 is 11.8 Å². The number of nitrogens with zero attached hydrogens (tertiary/aromatic N) is 1. The molecule has 0 radical (unpaired) electrons. The molecule has 0 aromatic carbocycles. The fourth-order valence-electron chi connectivity index (χ4n) is 1.89. The van der Waals surface area contributed by atoms with Gasteiger partial charge in [-0.05, 0) is 27.7 Å². The third kappa shape index (κ3) is 3.04. The number of esters is 1. The van der Waals surface area contributed by atoms with Gasteiger partial charge in [0.05, 0.1) is 6.61 Å². The zero-order valence-electron chi connectivity index (χ0n) is 10.6. The van der Waals surface area contributed by atoms with Crippen molar-refractivity contribution in [2.75, 3.05) is 19.7 Å². The molecule has 0 amide bonds. The molecule has 4 nitrogen and oxygen atoms in total. The predicted molar refractivity (Wildman–Crippen MR) is 61.1 cm³/mol. The molecule has 0 saturated carbocycles. The summed E-state index contributed by atoms with van der Waals surface area (Å²) in [4.78, 5) is 25.4. The van der Waals surface area contributed by atoms with E-state index in [0.717, 1.165) is 6.54 Å². The minimum Gasteiger partial charge on any atom is -0.465 e. The van der Waals surface area contributed by atoms with Gasteiger partial charge in [-0.15, -0.1) is 0 Å². The number of ether oxygens (including phenoxy) is 1. The SMILES string of the molecule is CCOC(=O)C1CN(C(C)(C)C)CCC1=O. The highest BCUT2D eigenvalue weighted by molar-refractivity contribution is 5.99. The van der Waals surface area contributed by atoms with Crippen molar-refractivity contribution in [3.8, 4) is 0 Å². The molecular formula is C12H21NO3. The minimum absolute atomic E-state index is 0.00849. The van der Waals surface area contributed by atoms with Crippen LogP contribution in [-0.2, 0) is 14.3 Å². The molecule has 1 heterocycles. The van der Waals surface area contributed by atoms with Crippen molar-refractivity contribution in [3.63, 3.8) is 0 Å². The van der Waals surface area contributed by atoms with Gasteiger partial charge in [0.15, 0.2) is 0 Å². The Morgan fingerprint density at radius 1 is 1.50 bits per heavy atom. The summed E-state index contributed by atoms with van der Waals surface area (Å²) in [6.45, 7) is 9.57. The average Bonchev–Trinajstić information content (AvgIpc) is 2.16. The van der Waals surface area contributed by atoms with Crippen molar-refractivity contribution in [2.45, 2.75) is 39.7 Å². The van der Waals surface area contributed by atoms with E-state index in [0.29, 0.717) is 19.6 Å². The zero-order valence-corrected chi connectivity index (χ0v) is 10.6. The minimum atomic E-state index is -0.590. The first-order valence-electron chi connectivity index (χ1n) is 5.80. The van der Waals surface area contributed by atoms with Crippen LogP contribution in [0.5, 0.6) is 0 Å². The molecule has 1 unspecified atom stereocenters. The van der Waals surface area contributed by atoms with Crippen LogP contribution in [0, 0.1) is 5.92 Å². The van der Waals surface area contributed by atoms with Crippen LogP contribution in [0.1, 0.15) is 34.1 Å². The zero-order chi connectivity index (χ0) is 12.3. The molecule has 0 aliphatic carbocycles. The largest absolute Gasteiger partial charge is 0.465 e. The molecule has 0 spiro atoms. The van der Waals surface area contributed by atoms with Gasteiger partial charge in [0.2, 0.25) is 0 Å². The lowest BCUT2D eigenvalue weighted by Gasteiger charge is -2.40. The summed E-state index contributed by atoms with van der Waals surface area (Å²) in [6.07, 6.45) is 0.445. The lowest BCUT2D eigenvalue weighted by atomic mass is 9.92. The standard InChI is InChI=1S/C12H21NO3/c1-5-16-11(15)9-8-13(12(2,3)4)7-6-10(9)14/h9H,5-8H2,1-4H3. The Morgan fingerprint density at radius 2 is 2.12 bits per heavy atom. The first-order chi connectivity index (χ1) is 7.36. The van der Waals surface area contributed by atoms with E-state index in [-0.39, 0.29) is 17.3 Å². The normalized spacial score (nSPS) is 23.2. The number of hydrogen-bond donors (Lipinski definition) is 0. The van der Waals surface area contributed by atoms with Gasteiger partial charge in [0.1, 0.15) is 11.7 Å². The Bertz CT molecular complexity index is 280. The molecule has 0 bridgehead atoms.